The summed E-state index contributed by atoms with van der Waals surface area (Å²) in [5.41, 5.74) is 12.6. The van der Waals surface area contributed by atoms with Crippen LogP contribution in [0.15, 0.2) is 121 Å². The molecule has 6 heteroatoms. The third kappa shape index (κ3) is 28.9. The lowest BCUT2D eigenvalue weighted by Gasteiger charge is -2.33. The second kappa shape index (κ2) is 50.3. The monoisotopic (exact) mass is 1370 g/mol. The summed E-state index contributed by atoms with van der Waals surface area (Å²) in [4.78, 5) is 11.1. The molecule has 4 aromatic rings. The summed E-state index contributed by atoms with van der Waals surface area (Å²) < 4.78 is 5.09. The molecule has 0 aromatic heterocycles. The molecule has 1 aliphatic carbocycles. The van der Waals surface area contributed by atoms with Gasteiger partial charge in [-0.25, -0.2) is 0 Å². The van der Waals surface area contributed by atoms with Crippen LogP contribution in [0.3, 0.4) is 0 Å². The minimum Gasteiger partial charge on any atom is -0.371 e. The lowest BCUT2D eigenvalue weighted by molar-refractivity contribution is 0.403. The molecule has 0 amide bonds. The Morgan fingerprint density at radius 3 is 0.470 bits per heavy atom. The molecule has 5 rings (SSSR count). The normalized spacial score (nSPS) is 14.8. The molecule has 0 radical (unpaired) electrons. The van der Waals surface area contributed by atoms with Crippen molar-refractivity contribution in [3.63, 3.8) is 0 Å². The molecule has 560 valence electrons. The molecule has 0 bridgehead atoms. The van der Waals surface area contributed by atoms with Crippen LogP contribution in [0.5, 0.6) is 0 Å². The number of benzene rings is 4. The number of hydrogen-bond acceptors (Lipinski definition) is 4. The van der Waals surface area contributed by atoms with Crippen LogP contribution < -0.4 is 28.8 Å². The third-order valence-electron chi connectivity index (χ3n) is 23.4. The van der Waals surface area contributed by atoms with Crippen molar-refractivity contribution < 1.29 is 0 Å². The molecule has 8 atom stereocenters. The van der Waals surface area contributed by atoms with E-state index in [-0.39, 0.29) is 0 Å². The van der Waals surface area contributed by atoms with Crippen molar-refractivity contribution in [2.24, 2.45) is 47.3 Å². The van der Waals surface area contributed by atoms with E-state index in [1.54, 1.807) is 0 Å². The zero-order valence-electron chi connectivity index (χ0n) is 68.1. The minimum absolute atomic E-state index is 0.695. The van der Waals surface area contributed by atoms with Gasteiger partial charge >= 0.3 is 0 Å². The highest BCUT2D eigenvalue weighted by molar-refractivity contribution is 6.20. The summed E-state index contributed by atoms with van der Waals surface area (Å²) in [5.74, 6) is 5.56. The standard InChI is InChI=1S/C94H156N6/c1-17-33-41-77(25-9)69-95(70-78(26-10)42-34-18-2)85-49-57-89(58-50-85)99(90-59-51-86(52-60-90)96(71-79(27-11)43-35-19-3)72-80(28-12)44-36-20-4)93-65-67-94(68-66-93)100(91-61-53-87(54-62-91)97(73-81(29-13)45-37-21-5)74-82(30-14)46-38-22-6)92-63-55-88(56-64-92)98(75-83(31-15)47-39-23-7)76-84(32-16)48-40-24-8/h49-68,77-84H,17-48,69-76H2,1-16H3/q+2. The van der Waals surface area contributed by atoms with Gasteiger partial charge in [-0.05, 0) is 147 Å². The Hall–Kier alpha value is -5.10. The van der Waals surface area contributed by atoms with Crippen LogP contribution in [-0.2, 0) is 0 Å². The fourth-order valence-electron chi connectivity index (χ4n) is 15.9. The lowest BCUT2D eigenvalue weighted by Crippen LogP contribution is -2.34. The van der Waals surface area contributed by atoms with E-state index in [0.29, 0.717) is 47.3 Å². The van der Waals surface area contributed by atoms with Crippen molar-refractivity contribution in [3.05, 3.63) is 121 Å². The van der Waals surface area contributed by atoms with Gasteiger partial charge in [0.2, 0.25) is 34.2 Å². The smallest absolute Gasteiger partial charge is 0.212 e. The second-order valence-corrected chi connectivity index (χ2v) is 31.2. The largest absolute Gasteiger partial charge is 0.371 e. The Balaban J connectivity index is 1.78. The Bertz CT molecular complexity index is 2390. The first-order valence-corrected chi connectivity index (χ1v) is 43.0. The zero-order valence-corrected chi connectivity index (χ0v) is 68.1. The Morgan fingerprint density at radius 2 is 0.350 bits per heavy atom. The van der Waals surface area contributed by atoms with E-state index < -0.39 is 0 Å². The van der Waals surface area contributed by atoms with E-state index >= 15 is 0 Å². The molecule has 0 saturated heterocycles. The molecular weight excluding hydrogens is 1210 g/mol. The molecule has 0 fully saturated rings. The third-order valence-corrected chi connectivity index (χ3v) is 23.4. The minimum atomic E-state index is 0.695. The van der Waals surface area contributed by atoms with Crippen molar-refractivity contribution in [1.29, 1.82) is 0 Å². The Kier molecular flexibility index (Phi) is 43.1. The molecule has 0 spiro atoms. The van der Waals surface area contributed by atoms with Crippen LogP contribution in [-0.4, -0.2) is 63.8 Å². The average molecular weight is 1370 g/mol. The van der Waals surface area contributed by atoms with E-state index in [1.165, 1.54) is 262 Å². The molecule has 6 nitrogen and oxygen atoms in total. The Morgan fingerprint density at radius 1 is 0.210 bits per heavy atom. The first kappa shape index (κ1) is 85.5. The summed E-state index contributed by atoms with van der Waals surface area (Å²) in [6.07, 6.45) is 50.5. The quantitative estimate of drug-likeness (QED) is 0.0324. The van der Waals surface area contributed by atoms with Gasteiger partial charge in [0, 0.05) is 148 Å². The molecule has 0 N–H and O–H groups in total. The van der Waals surface area contributed by atoms with Gasteiger partial charge in [0.25, 0.3) is 0 Å². The maximum atomic E-state index is 2.78. The lowest BCUT2D eigenvalue weighted by atomic mass is 9.95. The van der Waals surface area contributed by atoms with Crippen molar-refractivity contribution in [2.45, 2.75) is 316 Å². The van der Waals surface area contributed by atoms with Gasteiger partial charge in [0.15, 0.2) is 0 Å². The summed E-state index contributed by atoms with van der Waals surface area (Å²) >= 11 is 0. The maximum absolute atomic E-state index is 2.78. The predicted molar refractivity (Wildman–Crippen MR) is 452 cm³/mol. The number of nitrogens with zero attached hydrogens (tertiary/aromatic N) is 6. The topological polar surface area (TPSA) is 19.0 Å². The van der Waals surface area contributed by atoms with E-state index in [4.69, 9.17) is 0 Å². The van der Waals surface area contributed by atoms with Gasteiger partial charge < -0.3 is 19.6 Å². The van der Waals surface area contributed by atoms with Crippen LogP contribution in [0.1, 0.15) is 316 Å². The summed E-state index contributed by atoms with van der Waals surface area (Å²) in [5, 5.41) is 0. The summed E-state index contributed by atoms with van der Waals surface area (Å²) in [7, 11) is 0. The molecule has 0 heterocycles. The van der Waals surface area contributed by atoms with Gasteiger partial charge in [-0.2, -0.15) is 9.15 Å². The first-order chi connectivity index (χ1) is 48.9. The van der Waals surface area contributed by atoms with Crippen LogP contribution >= 0.6 is 0 Å². The van der Waals surface area contributed by atoms with Crippen LogP contribution in [0.25, 0.3) is 0 Å². The van der Waals surface area contributed by atoms with Crippen molar-refractivity contribution in [2.75, 3.05) is 72.0 Å². The first-order valence-electron chi connectivity index (χ1n) is 43.0. The number of allylic oxidation sites excluding steroid dienone is 4. The Labute approximate surface area is 619 Å². The molecular formula is C94H156N6+2. The van der Waals surface area contributed by atoms with E-state index in [2.05, 4.69) is 261 Å². The maximum Gasteiger partial charge on any atom is 0.212 e. The van der Waals surface area contributed by atoms with Crippen molar-refractivity contribution in [3.8, 4) is 0 Å². The molecule has 8 unspecified atom stereocenters. The fraction of sp³-hybridized carbons (Fsp3) is 0.681. The van der Waals surface area contributed by atoms with Crippen LogP contribution in [0.4, 0.5) is 45.5 Å². The highest BCUT2D eigenvalue weighted by Gasteiger charge is 2.29. The van der Waals surface area contributed by atoms with Crippen LogP contribution in [0, 0.1) is 47.3 Å². The second-order valence-electron chi connectivity index (χ2n) is 31.2. The molecule has 4 aromatic carbocycles. The van der Waals surface area contributed by atoms with Gasteiger partial charge in [0.1, 0.15) is 0 Å². The van der Waals surface area contributed by atoms with Gasteiger partial charge in [0.05, 0.1) is 0 Å². The number of unbranched alkanes of at least 4 members (excludes halogenated alkanes) is 8. The van der Waals surface area contributed by atoms with Crippen molar-refractivity contribution in [1.82, 2.24) is 9.15 Å². The highest BCUT2D eigenvalue weighted by Crippen LogP contribution is 2.35. The van der Waals surface area contributed by atoms with E-state index in [0.717, 1.165) is 52.4 Å². The average Bonchev–Trinajstić information content (AvgIpc) is 0.789. The molecule has 0 aliphatic heterocycles. The highest BCUT2D eigenvalue weighted by atomic mass is 15.2. The fourth-order valence-corrected chi connectivity index (χ4v) is 15.9. The molecule has 0 saturated carbocycles. The molecule has 1 aliphatic rings. The van der Waals surface area contributed by atoms with E-state index in [9.17, 15) is 0 Å². The van der Waals surface area contributed by atoms with Gasteiger partial charge in [-0.15, -0.1) is 0 Å². The van der Waals surface area contributed by atoms with Crippen LogP contribution in [0.2, 0.25) is 0 Å². The molecule has 100 heavy (non-hydrogen) atoms. The summed E-state index contributed by atoms with van der Waals surface area (Å²) in [6, 6.07) is 39.3. The SMILES string of the molecule is CCCCC(CC)CN(CC(CC)CCCC)c1ccc([N+](=C2C=CC(=[N+](c3ccc(N(CC(CC)CCCC)CC(CC)CCCC)cc3)c3ccc(N(CC(CC)CCCC)CC(CC)CCCC)cc3)C=C2)c2ccc(N(CC(CC)CCCC)CC(CC)CCCC)cc2)cc1. The number of hydrogen-bond donors (Lipinski definition) is 0. The van der Waals surface area contributed by atoms with Crippen molar-refractivity contribution >= 4 is 56.9 Å². The zero-order chi connectivity index (χ0) is 72.3. The summed E-state index contributed by atoms with van der Waals surface area (Å²) in [6.45, 7) is 47.2. The number of rotatable bonds is 56. The van der Waals surface area contributed by atoms with Gasteiger partial charge in [-0.3, -0.25) is 0 Å². The van der Waals surface area contributed by atoms with Gasteiger partial charge in [-0.1, -0.05) is 265 Å². The number of anilines is 4. The predicted octanol–water partition coefficient (Wildman–Crippen LogP) is 28.0. The van der Waals surface area contributed by atoms with E-state index in [1.807, 2.05) is 0 Å².